The van der Waals surface area contributed by atoms with Gasteiger partial charge in [-0.2, -0.15) is 5.10 Å². The van der Waals surface area contributed by atoms with Crippen LogP contribution in [-0.4, -0.2) is 61.3 Å². The Bertz CT molecular complexity index is 1560. The minimum Gasteiger partial charge on any atom is -0.497 e. The van der Waals surface area contributed by atoms with Gasteiger partial charge in [0.25, 0.3) is 0 Å². The summed E-state index contributed by atoms with van der Waals surface area (Å²) in [6, 6.07) is 11.9. The Kier molecular flexibility index (Phi) is 7.21. The highest BCUT2D eigenvalue weighted by Gasteiger charge is 2.19. The van der Waals surface area contributed by atoms with E-state index in [1.165, 1.54) is 0 Å². The van der Waals surface area contributed by atoms with Crippen LogP contribution in [0.4, 0.5) is 11.4 Å². The van der Waals surface area contributed by atoms with Gasteiger partial charge in [-0.15, -0.1) is 0 Å². The van der Waals surface area contributed by atoms with Crippen LogP contribution in [-0.2, 0) is 13.6 Å². The number of nitrogens with zero attached hydrogens (tertiary/aromatic N) is 8. The van der Waals surface area contributed by atoms with E-state index in [4.69, 9.17) is 19.4 Å². The molecule has 0 fully saturated rings. The van der Waals surface area contributed by atoms with Gasteiger partial charge in [0.05, 0.1) is 55.6 Å². The maximum absolute atomic E-state index is 5.58. The predicted octanol–water partition coefficient (Wildman–Crippen LogP) is 4.86. The SMILES string of the molecule is COc1cc(OC)cc(N(Cc2nc(C)cn2SN(C)C)c2ccc3ncc(-c4cnn(C)c4)nc3c2)c1. The van der Waals surface area contributed by atoms with Crippen molar-refractivity contribution in [2.24, 2.45) is 7.05 Å². The zero-order valence-corrected chi connectivity index (χ0v) is 23.1. The lowest BCUT2D eigenvalue weighted by Crippen LogP contribution is -2.20. The first-order chi connectivity index (χ1) is 18.3. The zero-order chi connectivity index (χ0) is 26.8. The Morgan fingerprint density at radius 2 is 1.66 bits per heavy atom. The molecule has 0 bridgehead atoms. The van der Waals surface area contributed by atoms with Crippen molar-refractivity contribution < 1.29 is 9.47 Å². The Balaban J connectivity index is 1.63. The largest absolute Gasteiger partial charge is 0.497 e. The number of fused-ring (bicyclic) bond motifs is 1. The molecule has 3 aromatic heterocycles. The van der Waals surface area contributed by atoms with Crippen LogP contribution in [0.15, 0.2) is 61.2 Å². The maximum Gasteiger partial charge on any atom is 0.140 e. The lowest BCUT2D eigenvalue weighted by Gasteiger charge is -2.26. The standard InChI is InChI=1S/C27H30N8O2S/c1-18-15-35(38-32(2)3)27(30-18)17-34(21-9-22(36-5)12-23(10-21)37-6)20-7-8-24-25(11-20)31-26(14-28-24)19-13-29-33(4)16-19/h7-16H,17H2,1-6H3. The van der Waals surface area contributed by atoms with Gasteiger partial charge in [0.1, 0.15) is 17.3 Å². The molecule has 11 heteroatoms. The van der Waals surface area contributed by atoms with Crippen LogP contribution in [0.1, 0.15) is 11.5 Å². The van der Waals surface area contributed by atoms with E-state index in [9.17, 15) is 0 Å². The number of ether oxygens (including phenoxy) is 2. The molecule has 0 N–H and O–H groups in total. The van der Waals surface area contributed by atoms with Gasteiger partial charge in [0.15, 0.2) is 0 Å². The van der Waals surface area contributed by atoms with Crippen LogP contribution in [0.2, 0.25) is 0 Å². The highest BCUT2D eigenvalue weighted by molar-refractivity contribution is 7.95. The second-order valence-electron chi connectivity index (χ2n) is 9.01. The first-order valence-corrected chi connectivity index (χ1v) is 12.7. The van der Waals surface area contributed by atoms with Gasteiger partial charge in [0.2, 0.25) is 0 Å². The molecule has 5 aromatic rings. The third-order valence-electron chi connectivity index (χ3n) is 5.90. The number of hydrogen-bond donors (Lipinski definition) is 0. The molecule has 0 atom stereocenters. The van der Waals surface area contributed by atoms with E-state index in [1.807, 2.05) is 81.2 Å². The molecule has 196 valence electrons. The summed E-state index contributed by atoms with van der Waals surface area (Å²) >= 11 is 1.58. The van der Waals surface area contributed by atoms with E-state index in [1.54, 1.807) is 43.4 Å². The normalized spacial score (nSPS) is 11.3. The number of benzene rings is 2. The summed E-state index contributed by atoms with van der Waals surface area (Å²) in [4.78, 5) is 16.6. The van der Waals surface area contributed by atoms with Gasteiger partial charge in [-0.3, -0.25) is 13.6 Å². The molecule has 0 radical (unpaired) electrons. The summed E-state index contributed by atoms with van der Waals surface area (Å²) in [5.74, 6) is 2.30. The van der Waals surface area contributed by atoms with E-state index in [0.717, 1.165) is 45.2 Å². The summed E-state index contributed by atoms with van der Waals surface area (Å²) < 4.78 is 17.0. The number of hydrogen-bond acceptors (Lipinski definition) is 9. The molecule has 3 heterocycles. The van der Waals surface area contributed by atoms with Crippen molar-refractivity contribution in [3.8, 4) is 22.8 Å². The first-order valence-electron chi connectivity index (χ1n) is 12.0. The van der Waals surface area contributed by atoms with E-state index in [2.05, 4.69) is 19.0 Å². The van der Waals surface area contributed by atoms with Crippen molar-refractivity contribution in [3.05, 3.63) is 72.7 Å². The smallest absolute Gasteiger partial charge is 0.140 e. The van der Waals surface area contributed by atoms with Crippen LogP contribution in [0.3, 0.4) is 0 Å². The van der Waals surface area contributed by atoms with Gasteiger partial charge < -0.3 is 14.4 Å². The second kappa shape index (κ2) is 10.7. The third-order valence-corrected chi connectivity index (χ3v) is 6.72. The Labute approximate surface area is 226 Å². The minimum absolute atomic E-state index is 0.506. The fourth-order valence-corrected chi connectivity index (χ4v) is 4.90. The van der Waals surface area contributed by atoms with E-state index < -0.39 is 0 Å². The number of aromatic nitrogens is 6. The number of aryl methyl sites for hydroxylation is 2. The van der Waals surface area contributed by atoms with Crippen LogP contribution in [0.5, 0.6) is 11.5 Å². The Hall–Kier alpha value is -4.09. The molecule has 0 aliphatic rings. The van der Waals surface area contributed by atoms with Crippen molar-refractivity contribution in [1.29, 1.82) is 0 Å². The second-order valence-corrected chi connectivity index (χ2v) is 10.3. The number of methoxy groups -OCH3 is 2. The molecule has 5 rings (SSSR count). The zero-order valence-electron chi connectivity index (χ0n) is 22.3. The molecular weight excluding hydrogens is 500 g/mol. The van der Waals surface area contributed by atoms with Crippen molar-refractivity contribution >= 4 is 34.5 Å². The monoisotopic (exact) mass is 530 g/mol. The molecule has 2 aromatic carbocycles. The summed E-state index contributed by atoms with van der Waals surface area (Å²) in [5.41, 5.74) is 6.07. The van der Waals surface area contributed by atoms with Crippen LogP contribution >= 0.6 is 12.1 Å². The van der Waals surface area contributed by atoms with Crippen molar-refractivity contribution in [2.75, 3.05) is 33.2 Å². The fraction of sp³-hybridized carbons (Fsp3) is 0.259. The number of rotatable bonds is 9. The molecule has 0 unspecified atom stereocenters. The highest BCUT2D eigenvalue weighted by Crippen LogP contribution is 2.35. The topological polar surface area (TPSA) is 86.4 Å². The molecule has 0 spiro atoms. The fourth-order valence-electron chi connectivity index (χ4n) is 4.16. The van der Waals surface area contributed by atoms with Crippen molar-refractivity contribution in [2.45, 2.75) is 13.5 Å². The minimum atomic E-state index is 0.506. The maximum atomic E-state index is 5.58. The quantitative estimate of drug-likeness (QED) is 0.248. The van der Waals surface area contributed by atoms with Gasteiger partial charge in [-0.1, -0.05) is 0 Å². The van der Waals surface area contributed by atoms with E-state index >= 15 is 0 Å². The predicted molar refractivity (Wildman–Crippen MR) is 151 cm³/mol. The van der Waals surface area contributed by atoms with Crippen LogP contribution in [0, 0.1) is 6.92 Å². The van der Waals surface area contributed by atoms with Crippen LogP contribution in [0.25, 0.3) is 22.3 Å². The van der Waals surface area contributed by atoms with Gasteiger partial charge in [0, 0.05) is 66.7 Å². The number of imidazole rings is 1. The highest BCUT2D eigenvalue weighted by atomic mass is 32.2. The molecular formula is C27H30N8O2S. The molecule has 10 nitrogen and oxygen atoms in total. The lowest BCUT2D eigenvalue weighted by atomic mass is 10.2. The average molecular weight is 531 g/mol. The number of anilines is 2. The molecule has 0 amide bonds. The van der Waals surface area contributed by atoms with Crippen molar-refractivity contribution in [3.63, 3.8) is 0 Å². The first kappa shape index (κ1) is 25.6. The molecule has 0 saturated carbocycles. The Morgan fingerprint density at radius 3 is 2.32 bits per heavy atom. The lowest BCUT2D eigenvalue weighted by molar-refractivity contribution is 0.394. The van der Waals surface area contributed by atoms with Gasteiger partial charge >= 0.3 is 0 Å². The van der Waals surface area contributed by atoms with E-state index in [0.29, 0.717) is 18.0 Å². The summed E-state index contributed by atoms with van der Waals surface area (Å²) in [5, 5.41) is 4.27. The summed E-state index contributed by atoms with van der Waals surface area (Å²) in [6.45, 7) is 2.51. The van der Waals surface area contributed by atoms with Gasteiger partial charge in [-0.05, 0) is 39.2 Å². The third kappa shape index (κ3) is 5.43. The summed E-state index contributed by atoms with van der Waals surface area (Å²) in [7, 11) is 9.21. The summed E-state index contributed by atoms with van der Waals surface area (Å²) in [6.07, 6.45) is 7.54. The molecule has 0 aliphatic carbocycles. The van der Waals surface area contributed by atoms with Crippen molar-refractivity contribution in [1.82, 2.24) is 33.0 Å². The molecule has 38 heavy (non-hydrogen) atoms. The average Bonchev–Trinajstić information content (AvgIpc) is 3.50. The molecule has 0 saturated heterocycles. The van der Waals surface area contributed by atoms with Gasteiger partial charge in [-0.25, -0.2) is 14.3 Å². The van der Waals surface area contributed by atoms with E-state index in [-0.39, 0.29) is 0 Å². The Morgan fingerprint density at radius 1 is 0.895 bits per heavy atom. The molecule has 0 aliphatic heterocycles. The van der Waals surface area contributed by atoms with Crippen LogP contribution < -0.4 is 14.4 Å².